The number of carbonyl (C=O) groups excluding carboxylic acids is 1. The van der Waals surface area contributed by atoms with E-state index in [0.717, 1.165) is 17.1 Å². The minimum absolute atomic E-state index is 0.0996. The van der Waals surface area contributed by atoms with Crippen LogP contribution in [0.25, 0.3) is 0 Å². The van der Waals surface area contributed by atoms with Crippen molar-refractivity contribution in [3.05, 3.63) is 59.7 Å². The normalized spacial score (nSPS) is 16.3. The molecule has 0 aromatic heterocycles. The topological polar surface area (TPSA) is 47.6 Å². The van der Waals surface area contributed by atoms with E-state index in [1.807, 2.05) is 55.5 Å². The third-order valence-electron chi connectivity index (χ3n) is 3.37. The van der Waals surface area contributed by atoms with Gasteiger partial charge in [0.1, 0.15) is 12.7 Å². The standard InChI is InChI=1S/C17H17NO3/c1-12-6-8-13(9-7-12)17(19)18-10-14-11-20-15-4-2-3-5-16(15)21-14/h2-9,14H,10-11H2,1H3,(H,18,19)/t14-/m0/s1. The number of aryl methyl sites for hydroxylation is 1. The van der Waals surface area contributed by atoms with Gasteiger partial charge in [0.25, 0.3) is 5.91 Å². The number of amides is 1. The molecule has 4 heteroatoms. The van der Waals surface area contributed by atoms with Gasteiger partial charge in [-0.1, -0.05) is 29.8 Å². The summed E-state index contributed by atoms with van der Waals surface area (Å²) in [6.45, 7) is 2.85. The number of nitrogens with one attached hydrogen (secondary N) is 1. The molecule has 1 heterocycles. The molecule has 0 bridgehead atoms. The number of carbonyl (C=O) groups is 1. The van der Waals surface area contributed by atoms with Gasteiger partial charge in [-0.25, -0.2) is 0 Å². The highest BCUT2D eigenvalue weighted by molar-refractivity contribution is 5.94. The number of hydrogen-bond acceptors (Lipinski definition) is 3. The van der Waals surface area contributed by atoms with Crippen molar-refractivity contribution in [2.24, 2.45) is 0 Å². The molecular formula is C17H17NO3. The van der Waals surface area contributed by atoms with E-state index in [-0.39, 0.29) is 12.0 Å². The molecule has 0 saturated carbocycles. The molecule has 0 saturated heterocycles. The second kappa shape index (κ2) is 5.87. The van der Waals surface area contributed by atoms with Crippen molar-refractivity contribution in [3.8, 4) is 11.5 Å². The summed E-state index contributed by atoms with van der Waals surface area (Å²) < 4.78 is 11.4. The van der Waals surface area contributed by atoms with E-state index in [1.165, 1.54) is 0 Å². The first-order valence-corrected chi connectivity index (χ1v) is 6.96. The van der Waals surface area contributed by atoms with E-state index in [0.29, 0.717) is 18.7 Å². The van der Waals surface area contributed by atoms with E-state index in [9.17, 15) is 4.79 Å². The lowest BCUT2D eigenvalue weighted by Gasteiger charge is -2.26. The zero-order valence-corrected chi connectivity index (χ0v) is 11.8. The van der Waals surface area contributed by atoms with E-state index in [2.05, 4.69) is 5.32 Å². The Balaban J connectivity index is 1.56. The van der Waals surface area contributed by atoms with Crippen LogP contribution in [-0.2, 0) is 0 Å². The van der Waals surface area contributed by atoms with Gasteiger partial charge in [-0.05, 0) is 31.2 Å². The summed E-state index contributed by atoms with van der Waals surface area (Å²) in [5.41, 5.74) is 1.78. The van der Waals surface area contributed by atoms with Crippen LogP contribution in [0.3, 0.4) is 0 Å². The fourth-order valence-electron chi connectivity index (χ4n) is 2.18. The number of benzene rings is 2. The molecule has 0 fully saturated rings. The Labute approximate surface area is 123 Å². The first-order valence-electron chi connectivity index (χ1n) is 6.96. The predicted octanol–water partition coefficient (Wildman–Crippen LogP) is 2.56. The van der Waals surface area contributed by atoms with E-state index < -0.39 is 0 Å². The molecule has 0 spiro atoms. The highest BCUT2D eigenvalue weighted by Gasteiger charge is 2.21. The molecule has 2 aromatic rings. The van der Waals surface area contributed by atoms with Crippen LogP contribution < -0.4 is 14.8 Å². The van der Waals surface area contributed by atoms with Gasteiger partial charge < -0.3 is 14.8 Å². The minimum Gasteiger partial charge on any atom is -0.486 e. The monoisotopic (exact) mass is 283 g/mol. The van der Waals surface area contributed by atoms with Crippen LogP contribution in [-0.4, -0.2) is 25.2 Å². The Kier molecular flexibility index (Phi) is 3.77. The van der Waals surface area contributed by atoms with Crippen LogP contribution in [0.5, 0.6) is 11.5 Å². The molecule has 0 radical (unpaired) electrons. The zero-order chi connectivity index (χ0) is 14.7. The Hall–Kier alpha value is -2.49. The molecule has 4 nitrogen and oxygen atoms in total. The van der Waals surface area contributed by atoms with Crippen LogP contribution in [0.4, 0.5) is 0 Å². The minimum atomic E-state index is -0.172. The summed E-state index contributed by atoms with van der Waals surface area (Å²) in [4.78, 5) is 12.0. The first kappa shape index (κ1) is 13.5. The van der Waals surface area contributed by atoms with Crippen LogP contribution in [0, 0.1) is 6.92 Å². The second-order valence-corrected chi connectivity index (χ2v) is 5.07. The molecule has 1 aliphatic rings. The average Bonchev–Trinajstić information content (AvgIpc) is 2.53. The number of fused-ring (bicyclic) bond motifs is 1. The van der Waals surface area contributed by atoms with Gasteiger partial charge in [-0.3, -0.25) is 4.79 Å². The molecule has 0 aliphatic carbocycles. The maximum absolute atomic E-state index is 12.0. The molecule has 2 aromatic carbocycles. The number of ether oxygens (including phenoxy) is 2. The van der Waals surface area contributed by atoms with Crippen LogP contribution >= 0.6 is 0 Å². The van der Waals surface area contributed by atoms with Gasteiger partial charge in [0, 0.05) is 5.56 Å². The molecule has 0 unspecified atom stereocenters. The third kappa shape index (κ3) is 3.16. The fraction of sp³-hybridized carbons (Fsp3) is 0.235. The Morgan fingerprint density at radius 1 is 1.14 bits per heavy atom. The molecule has 1 amide bonds. The maximum Gasteiger partial charge on any atom is 0.251 e. The molecule has 1 N–H and O–H groups in total. The van der Waals surface area contributed by atoms with Crippen molar-refractivity contribution in [2.75, 3.05) is 13.2 Å². The summed E-state index contributed by atoms with van der Waals surface area (Å²) in [7, 11) is 0. The number of hydrogen-bond donors (Lipinski definition) is 1. The Morgan fingerprint density at radius 3 is 2.62 bits per heavy atom. The van der Waals surface area contributed by atoms with Crippen LogP contribution in [0.2, 0.25) is 0 Å². The van der Waals surface area contributed by atoms with Gasteiger partial charge >= 0.3 is 0 Å². The van der Waals surface area contributed by atoms with Gasteiger partial charge in [0.15, 0.2) is 11.5 Å². The molecule has 3 rings (SSSR count). The largest absolute Gasteiger partial charge is 0.486 e. The molecule has 21 heavy (non-hydrogen) atoms. The fourth-order valence-corrected chi connectivity index (χ4v) is 2.18. The maximum atomic E-state index is 12.0. The van der Waals surface area contributed by atoms with E-state index >= 15 is 0 Å². The Bertz CT molecular complexity index is 637. The summed E-state index contributed by atoms with van der Waals surface area (Å²) in [6, 6.07) is 15.0. The third-order valence-corrected chi connectivity index (χ3v) is 3.37. The van der Waals surface area contributed by atoms with E-state index in [4.69, 9.17) is 9.47 Å². The lowest BCUT2D eigenvalue weighted by molar-refractivity contribution is 0.0789. The van der Waals surface area contributed by atoms with Crippen molar-refractivity contribution >= 4 is 5.91 Å². The summed E-state index contributed by atoms with van der Waals surface area (Å²) >= 11 is 0. The van der Waals surface area contributed by atoms with Crippen molar-refractivity contribution in [3.63, 3.8) is 0 Å². The van der Waals surface area contributed by atoms with Crippen LogP contribution in [0.15, 0.2) is 48.5 Å². The average molecular weight is 283 g/mol. The van der Waals surface area contributed by atoms with Crippen molar-refractivity contribution in [2.45, 2.75) is 13.0 Å². The summed E-state index contributed by atoms with van der Waals surface area (Å²) in [6.07, 6.45) is -0.172. The zero-order valence-electron chi connectivity index (χ0n) is 11.8. The van der Waals surface area contributed by atoms with E-state index in [1.54, 1.807) is 0 Å². The van der Waals surface area contributed by atoms with Crippen molar-refractivity contribution in [1.29, 1.82) is 0 Å². The van der Waals surface area contributed by atoms with Crippen molar-refractivity contribution < 1.29 is 14.3 Å². The van der Waals surface area contributed by atoms with Crippen LogP contribution in [0.1, 0.15) is 15.9 Å². The lowest BCUT2D eigenvalue weighted by Crippen LogP contribution is -2.40. The van der Waals surface area contributed by atoms with Gasteiger partial charge in [-0.15, -0.1) is 0 Å². The molecule has 108 valence electrons. The summed E-state index contributed by atoms with van der Waals surface area (Å²) in [5, 5.41) is 2.87. The van der Waals surface area contributed by atoms with Gasteiger partial charge in [-0.2, -0.15) is 0 Å². The quantitative estimate of drug-likeness (QED) is 0.941. The SMILES string of the molecule is Cc1ccc(C(=O)NC[C@H]2COc3ccccc3O2)cc1. The predicted molar refractivity (Wildman–Crippen MR) is 79.9 cm³/mol. The highest BCUT2D eigenvalue weighted by atomic mass is 16.6. The number of para-hydroxylation sites is 2. The summed E-state index contributed by atoms with van der Waals surface area (Å²) in [5.74, 6) is 1.37. The first-order chi connectivity index (χ1) is 10.2. The van der Waals surface area contributed by atoms with Gasteiger partial charge in [0.05, 0.1) is 6.54 Å². The Morgan fingerprint density at radius 2 is 1.86 bits per heavy atom. The second-order valence-electron chi connectivity index (χ2n) is 5.07. The number of rotatable bonds is 3. The smallest absolute Gasteiger partial charge is 0.251 e. The molecule has 1 atom stereocenters. The highest BCUT2D eigenvalue weighted by Crippen LogP contribution is 2.30. The van der Waals surface area contributed by atoms with Gasteiger partial charge in [0.2, 0.25) is 0 Å². The lowest BCUT2D eigenvalue weighted by atomic mass is 10.1. The molecule has 1 aliphatic heterocycles. The van der Waals surface area contributed by atoms with Crippen molar-refractivity contribution in [1.82, 2.24) is 5.32 Å². The molecular weight excluding hydrogens is 266 g/mol.